The van der Waals surface area contributed by atoms with E-state index in [1.165, 1.54) is 34.7 Å². The Morgan fingerprint density at radius 1 is 0.741 bits per heavy atom. The van der Waals surface area contributed by atoms with Crippen LogP contribution in [0.1, 0.15) is 57.5 Å². The summed E-state index contributed by atoms with van der Waals surface area (Å²) in [7, 11) is 0. The van der Waals surface area contributed by atoms with Gasteiger partial charge in [0.1, 0.15) is 22.8 Å². The highest BCUT2D eigenvalue weighted by Crippen LogP contribution is 2.30. The summed E-state index contributed by atoms with van der Waals surface area (Å²) in [5.74, 6) is -1.97. The topological polar surface area (TPSA) is 180 Å². The third-order valence-electron chi connectivity index (χ3n) is 8.48. The predicted octanol–water partition coefficient (Wildman–Crippen LogP) is 6.00. The Morgan fingerprint density at radius 3 is 1.87 bits per heavy atom. The van der Waals surface area contributed by atoms with Crippen molar-refractivity contribution in [3.05, 3.63) is 141 Å². The molecule has 272 valence electrons. The van der Waals surface area contributed by atoms with Gasteiger partial charge in [-0.1, -0.05) is 60.7 Å². The molecule has 54 heavy (non-hydrogen) atoms. The lowest BCUT2D eigenvalue weighted by atomic mass is 10.0. The van der Waals surface area contributed by atoms with Crippen molar-refractivity contribution in [3.63, 3.8) is 0 Å². The molecule has 0 aliphatic heterocycles. The number of pyridine rings is 2. The van der Waals surface area contributed by atoms with Crippen LogP contribution in [-0.2, 0) is 17.8 Å². The number of nitrogens with zero attached hydrogens (tertiary/aromatic N) is 6. The minimum atomic E-state index is -0.898. The van der Waals surface area contributed by atoms with Crippen molar-refractivity contribution in [3.8, 4) is 22.5 Å². The number of Topliss-reactive ketones (excluding diaryl/α,β-unsaturated/α-hetero) is 2. The minimum Gasteiger partial charge on any atom is -0.454 e. The molecule has 0 aliphatic rings. The number of carbonyl (C=O) groups excluding carboxylic acids is 3. The van der Waals surface area contributed by atoms with Crippen LogP contribution >= 0.6 is 0 Å². The van der Waals surface area contributed by atoms with Crippen LogP contribution in [0.15, 0.2) is 107 Å². The first-order chi connectivity index (χ1) is 26.1. The van der Waals surface area contributed by atoms with E-state index in [2.05, 4.69) is 30.8 Å². The molecule has 0 bridgehead atoms. The number of benzene rings is 2. The Labute approximate surface area is 309 Å². The summed E-state index contributed by atoms with van der Waals surface area (Å²) < 4.78 is 7.99. The zero-order valence-corrected chi connectivity index (χ0v) is 30.0. The van der Waals surface area contributed by atoms with E-state index >= 15 is 0 Å². The van der Waals surface area contributed by atoms with Crippen LogP contribution in [0.3, 0.4) is 0 Å². The van der Waals surface area contributed by atoms with Crippen molar-refractivity contribution in [2.45, 2.75) is 40.8 Å². The molecule has 0 spiro atoms. The molecular weight excluding hydrogens is 688 g/mol. The normalized spacial score (nSPS) is 10.8. The number of esters is 1. The fourth-order valence-corrected chi connectivity index (χ4v) is 5.81. The molecule has 0 radical (unpaired) electrons. The molecule has 6 rings (SSSR count). The Hall–Kier alpha value is -7.09. The third kappa shape index (κ3) is 7.58. The molecule has 0 saturated heterocycles. The standard InChI is InChI=1S/C40H36N8O6/c1-5-47-38(51)36(32(25(4)49)34(45-47)26-14-9-7-10-15-26)43-29-20-28(21-41-22-29)40(53)54-23-31(50)33-35(27-16-11-8-12-17-27)46-48(6-2)39(52)37(33)44-30-18-13-19-42-24(30)3/h7-22,43-44H,5-6,23H2,1-4H3. The van der Waals surface area contributed by atoms with Crippen LogP contribution in [0, 0.1) is 6.92 Å². The van der Waals surface area contributed by atoms with E-state index in [1.54, 1.807) is 87.6 Å². The maximum absolute atomic E-state index is 14.1. The van der Waals surface area contributed by atoms with Gasteiger partial charge in [0.15, 0.2) is 12.4 Å². The predicted molar refractivity (Wildman–Crippen MR) is 204 cm³/mol. The minimum absolute atomic E-state index is 0.0349. The lowest BCUT2D eigenvalue weighted by Crippen LogP contribution is -2.29. The number of rotatable bonds is 13. The molecule has 0 saturated carbocycles. The molecule has 0 unspecified atom stereocenters. The van der Waals surface area contributed by atoms with E-state index in [0.29, 0.717) is 28.2 Å². The van der Waals surface area contributed by atoms with Crippen LogP contribution < -0.4 is 21.8 Å². The fourth-order valence-electron chi connectivity index (χ4n) is 5.81. The zero-order valence-electron chi connectivity index (χ0n) is 30.0. The van der Waals surface area contributed by atoms with Crippen molar-refractivity contribution in [1.82, 2.24) is 29.5 Å². The molecule has 6 aromatic rings. The quantitative estimate of drug-likeness (QED) is 0.105. The first-order valence-electron chi connectivity index (χ1n) is 17.1. The second-order valence-corrected chi connectivity index (χ2v) is 12.1. The first-order valence-corrected chi connectivity index (χ1v) is 17.1. The van der Waals surface area contributed by atoms with Crippen LogP contribution in [0.4, 0.5) is 22.7 Å². The Balaban J connectivity index is 1.32. The highest BCUT2D eigenvalue weighted by molar-refractivity contribution is 6.08. The number of ketones is 2. The van der Waals surface area contributed by atoms with E-state index in [4.69, 9.17) is 4.74 Å². The van der Waals surface area contributed by atoms with Crippen molar-refractivity contribution in [2.24, 2.45) is 0 Å². The second-order valence-electron chi connectivity index (χ2n) is 12.1. The lowest BCUT2D eigenvalue weighted by molar-refractivity contribution is 0.0474. The number of hydrogen-bond acceptors (Lipinski definition) is 12. The molecule has 4 heterocycles. The number of carbonyl (C=O) groups is 3. The van der Waals surface area contributed by atoms with Gasteiger partial charge in [0.05, 0.1) is 40.0 Å². The summed E-state index contributed by atoms with van der Waals surface area (Å²) >= 11 is 0. The van der Waals surface area contributed by atoms with Crippen molar-refractivity contribution in [2.75, 3.05) is 17.2 Å². The van der Waals surface area contributed by atoms with E-state index in [1.807, 2.05) is 12.1 Å². The molecule has 0 fully saturated rings. The molecule has 0 amide bonds. The number of aryl methyl sites for hydroxylation is 3. The second kappa shape index (κ2) is 16.1. The summed E-state index contributed by atoms with van der Waals surface area (Å²) in [6, 6.07) is 22.7. The van der Waals surface area contributed by atoms with Gasteiger partial charge < -0.3 is 15.4 Å². The van der Waals surface area contributed by atoms with Gasteiger partial charge in [-0.3, -0.25) is 29.1 Å². The Kier molecular flexibility index (Phi) is 10.9. The van der Waals surface area contributed by atoms with Gasteiger partial charge >= 0.3 is 5.97 Å². The summed E-state index contributed by atoms with van der Waals surface area (Å²) in [4.78, 5) is 76.1. The largest absolute Gasteiger partial charge is 0.454 e. The molecule has 2 aromatic carbocycles. The van der Waals surface area contributed by atoms with Crippen LogP contribution in [-0.4, -0.2) is 53.7 Å². The first kappa shape index (κ1) is 36.7. The average Bonchev–Trinajstić information content (AvgIpc) is 3.19. The zero-order chi connectivity index (χ0) is 38.4. The van der Waals surface area contributed by atoms with E-state index in [0.717, 1.165) is 0 Å². The maximum Gasteiger partial charge on any atom is 0.340 e. The monoisotopic (exact) mass is 724 g/mol. The highest BCUT2D eigenvalue weighted by Gasteiger charge is 2.27. The van der Waals surface area contributed by atoms with Gasteiger partial charge in [-0.05, 0) is 45.9 Å². The molecule has 14 heteroatoms. The van der Waals surface area contributed by atoms with E-state index in [9.17, 15) is 24.0 Å². The average molecular weight is 725 g/mol. The number of hydrogen-bond donors (Lipinski definition) is 2. The van der Waals surface area contributed by atoms with Crippen molar-refractivity contribution in [1.29, 1.82) is 0 Å². The molecule has 14 nitrogen and oxygen atoms in total. The molecule has 2 N–H and O–H groups in total. The summed E-state index contributed by atoms with van der Waals surface area (Å²) in [5, 5.41) is 15.1. The highest BCUT2D eigenvalue weighted by atomic mass is 16.5. The Morgan fingerprint density at radius 2 is 1.31 bits per heavy atom. The summed E-state index contributed by atoms with van der Waals surface area (Å²) in [6.45, 7) is 6.35. The fraction of sp³-hybridized carbons (Fsp3) is 0.175. The molecular formula is C40H36N8O6. The van der Waals surface area contributed by atoms with Gasteiger partial charge in [0.2, 0.25) is 5.78 Å². The lowest BCUT2D eigenvalue weighted by Gasteiger charge is -2.18. The van der Waals surface area contributed by atoms with Gasteiger partial charge in [0.25, 0.3) is 11.1 Å². The number of ether oxygens (including phenoxy) is 1. The van der Waals surface area contributed by atoms with Gasteiger partial charge in [-0.2, -0.15) is 10.2 Å². The van der Waals surface area contributed by atoms with Crippen molar-refractivity contribution < 1.29 is 19.1 Å². The maximum atomic E-state index is 14.1. The third-order valence-corrected chi connectivity index (χ3v) is 8.48. The number of anilines is 4. The van der Waals surface area contributed by atoms with Gasteiger partial charge in [-0.15, -0.1) is 0 Å². The SMILES string of the molecule is CCn1nc(-c2ccccc2)c(C(C)=O)c(Nc2cncc(C(=O)OCC(=O)c3c(-c4ccccc4)nn(CC)c(=O)c3Nc3cccnc3C)c2)c1=O. The van der Waals surface area contributed by atoms with Crippen molar-refractivity contribution >= 4 is 40.3 Å². The van der Waals surface area contributed by atoms with Gasteiger partial charge in [-0.25, -0.2) is 14.2 Å². The molecule has 0 aliphatic carbocycles. The van der Waals surface area contributed by atoms with Crippen LogP contribution in [0.2, 0.25) is 0 Å². The molecule has 4 aromatic heterocycles. The summed E-state index contributed by atoms with van der Waals surface area (Å²) in [6.07, 6.45) is 4.23. The van der Waals surface area contributed by atoms with Crippen LogP contribution in [0.5, 0.6) is 0 Å². The van der Waals surface area contributed by atoms with E-state index in [-0.39, 0.29) is 52.5 Å². The Bertz CT molecular complexity index is 2500. The molecule has 0 atom stereocenters. The number of aromatic nitrogens is 6. The smallest absolute Gasteiger partial charge is 0.340 e. The van der Waals surface area contributed by atoms with Crippen LogP contribution in [0.25, 0.3) is 22.5 Å². The number of nitrogens with one attached hydrogen (secondary N) is 2. The summed E-state index contributed by atoms with van der Waals surface area (Å²) in [5.41, 5.74) is 1.87. The van der Waals surface area contributed by atoms with Gasteiger partial charge in [0, 0.05) is 36.6 Å². The van der Waals surface area contributed by atoms with E-state index < -0.39 is 35.3 Å².